The van der Waals surface area contributed by atoms with Gasteiger partial charge in [-0.15, -0.1) is 0 Å². The molecule has 1 aromatic heterocycles. The van der Waals surface area contributed by atoms with Crippen molar-refractivity contribution in [3.8, 4) is 16.9 Å². The predicted molar refractivity (Wildman–Crippen MR) is 109 cm³/mol. The van der Waals surface area contributed by atoms with E-state index >= 15 is 0 Å². The van der Waals surface area contributed by atoms with E-state index in [9.17, 15) is 31.5 Å². The molecule has 0 fully saturated rings. The Kier molecular flexibility index (Phi) is 5.71. The summed E-state index contributed by atoms with van der Waals surface area (Å²) in [7, 11) is 0. The molecule has 4 rings (SSSR count). The Morgan fingerprint density at radius 3 is 2.09 bits per heavy atom. The molecule has 0 saturated carbocycles. The molecule has 33 heavy (non-hydrogen) atoms. The molecule has 0 unspecified atom stereocenters. The highest BCUT2D eigenvalue weighted by Crippen LogP contribution is 2.37. The van der Waals surface area contributed by atoms with Crippen molar-refractivity contribution in [1.82, 2.24) is 0 Å². The predicted octanol–water partition coefficient (Wildman–Crippen LogP) is 6.02. The van der Waals surface area contributed by atoms with Crippen LogP contribution in [0, 0.1) is 11.6 Å². The second-order valence-corrected chi connectivity index (χ2v) is 7.02. The SMILES string of the molecule is O=C(COc1ccc2c(=O)c(-c3ccc(F)cc3)c(C(F)(F)F)oc2c1)c1ccc(F)cc1. The summed E-state index contributed by atoms with van der Waals surface area (Å²) >= 11 is 0. The standard InChI is InChI=1S/C24H13F5O4/c25-15-5-1-13(2-6-15)19(30)12-32-17-9-10-18-20(11-17)33-23(24(27,28)29)21(22(18)31)14-3-7-16(26)8-4-14/h1-11H,12H2. The zero-order valence-corrected chi connectivity index (χ0v) is 16.6. The van der Waals surface area contributed by atoms with Crippen LogP contribution in [0.4, 0.5) is 22.0 Å². The van der Waals surface area contributed by atoms with Crippen molar-refractivity contribution >= 4 is 16.8 Å². The monoisotopic (exact) mass is 460 g/mol. The molecule has 0 bridgehead atoms. The highest BCUT2D eigenvalue weighted by Gasteiger charge is 2.39. The second kappa shape index (κ2) is 8.50. The Morgan fingerprint density at radius 1 is 0.879 bits per heavy atom. The van der Waals surface area contributed by atoms with Gasteiger partial charge in [-0.05, 0) is 54.1 Å². The Balaban J connectivity index is 1.71. The molecule has 0 spiro atoms. The van der Waals surface area contributed by atoms with Gasteiger partial charge in [0, 0.05) is 11.6 Å². The number of carbonyl (C=O) groups is 1. The molecule has 168 valence electrons. The first kappa shape index (κ1) is 22.2. The molecule has 0 amide bonds. The molecule has 1 heterocycles. The summed E-state index contributed by atoms with van der Waals surface area (Å²) < 4.78 is 77.6. The third kappa shape index (κ3) is 4.62. The van der Waals surface area contributed by atoms with E-state index < -0.39 is 52.5 Å². The van der Waals surface area contributed by atoms with Crippen molar-refractivity contribution in [3.05, 3.63) is 99.9 Å². The normalized spacial score (nSPS) is 11.5. The van der Waals surface area contributed by atoms with Gasteiger partial charge in [-0.25, -0.2) is 8.78 Å². The molecule has 4 nitrogen and oxygen atoms in total. The van der Waals surface area contributed by atoms with Gasteiger partial charge in [-0.3, -0.25) is 9.59 Å². The third-order valence-electron chi connectivity index (χ3n) is 4.79. The van der Waals surface area contributed by atoms with Crippen LogP contribution in [-0.4, -0.2) is 12.4 Å². The van der Waals surface area contributed by atoms with Crippen molar-refractivity contribution < 1.29 is 35.9 Å². The third-order valence-corrected chi connectivity index (χ3v) is 4.79. The summed E-state index contributed by atoms with van der Waals surface area (Å²) in [4.78, 5) is 25.1. The van der Waals surface area contributed by atoms with Gasteiger partial charge in [0.25, 0.3) is 0 Å². The number of carbonyl (C=O) groups excluding carboxylic acids is 1. The Morgan fingerprint density at radius 2 is 1.48 bits per heavy atom. The van der Waals surface area contributed by atoms with Crippen LogP contribution in [-0.2, 0) is 6.18 Å². The van der Waals surface area contributed by atoms with Crippen molar-refractivity contribution in [3.63, 3.8) is 0 Å². The maximum absolute atomic E-state index is 13.7. The molecule has 9 heteroatoms. The van der Waals surface area contributed by atoms with Crippen LogP contribution in [0.15, 0.2) is 75.9 Å². The van der Waals surface area contributed by atoms with Crippen molar-refractivity contribution in [2.45, 2.75) is 6.18 Å². The summed E-state index contributed by atoms with van der Waals surface area (Å²) in [5.41, 5.74) is -2.05. The number of hydrogen-bond donors (Lipinski definition) is 0. The summed E-state index contributed by atoms with van der Waals surface area (Å²) in [6.45, 7) is -0.471. The van der Waals surface area contributed by atoms with Crippen LogP contribution in [0.3, 0.4) is 0 Å². The van der Waals surface area contributed by atoms with Gasteiger partial charge in [0.2, 0.25) is 11.2 Å². The summed E-state index contributed by atoms with van der Waals surface area (Å²) in [6, 6.07) is 12.3. The van der Waals surface area contributed by atoms with E-state index in [1.54, 1.807) is 0 Å². The molecule has 0 atom stereocenters. The van der Waals surface area contributed by atoms with E-state index in [0.717, 1.165) is 42.5 Å². The average Bonchev–Trinajstić information content (AvgIpc) is 2.78. The molecular formula is C24H13F5O4. The second-order valence-electron chi connectivity index (χ2n) is 7.02. The minimum Gasteiger partial charge on any atom is -0.485 e. The summed E-state index contributed by atoms with van der Waals surface area (Å²) in [6.07, 6.45) is -5.01. The van der Waals surface area contributed by atoms with E-state index in [2.05, 4.69) is 0 Å². The van der Waals surface area contributed by atoms with Crippen LogP contribution in [0.25, 0.3) is 22.1 Å². The number of rotatable bonds is 5. The lowest BCUT2D eigenvalue weighted by Gasteiger charge is -2.13. The van der Waals surface area contributed by atoms with Crippen LogP contribution >= 0.6 is 0 Å². The lowest BCUT2D eigenvalue weighted by atomic mass is 10.0. The molecule has 0 N–H and O–H groups in total. The maximum atomic E-state index is 13.7. The van der Waals surface area contributed by atoms with Crippen LogP contribution in [0.5, 0.6) is 5.75 Å². The lowest BCUT2D eigenvalue weighted by molar-refractivity contribution is -0.152. The van der Waals surface area contributed by atoms with E-state index in [4.69, 9.17) is 9.15 Å². The quantitative estimate of drug-likeness (QED) is 0.270. The Hall–Kier alpha value is -4.01. The van der Waals surface area contributed by atoms with Crippen molar-refractivity contribution in [2.75, 3.05) is 6.61 Å². The number of benzene rings is 3. The number of Topliss-reactive ketones (excluding diaryl/α,β-unsaturated/α-hetero) is 1. The van der Waals surface area contributed by atoms with Gasteiger partial charge in [0.15, 0.2) is 12.4 Å². The topological polar surface area (TPSA) is 56.5 Å². The van der Waals surface area contributed by atoms with Gasteiger partial charge in [0.05, 0.1) is 10.9 Å². The van der Waals surface area contributed by atoms with Crippen LogP contribution in [0.1, 0.15) is 16.1 Å². The molecule has 0 saturated heterocycles. The number of hydrogen-bond acceptors (Lipinski definition) is 4. The molecule has 3 aromatic carbocycles. The summed E-state index contributed by atoms with van der Waals surface area (Å²) in [5.74, 6) is -3.22. The number of fused-ring (bicyclic) bond motifs is 1. The molecule has 0 aliphatic carbocycles. The molecule has 0 aliphatic heterocycles. The number of alkyl halides is 3. The molecule has 0 radical (unpaired) electrons. The zero-order valence-electron chi connectivity index (χ0n) is 16.6. The van der Waals surface area contributed by atoms with Gasteiger partial charge < -0.3 is 9.15 Å². The van der Waals surface area contributed by atoms with E-state index in [1.807, 2.05) is 0 Å². The Labute approximate surface area is 182 Å². The van der Waals surface area contributed by atoms with E-state index in [-0.39, 0.29) is 22.3 Å². The first-order valence-corrected chi connectivity index (χ1v) is 9.49. The van der Waals surface area contributed by atoms with Gasteiger partial charge in [-0.2, -0.15) is 13.2 Å². The van der Waals surface area contributed by atoms with Gasteiger partial charge in [-0.1, -0.05) is 12.1 Å². The van der Waals surface area contributed by atoms with Crippen molar-refractivity contribution in [1.29, 1.82) is 0 Å². The highest BCUT2D eigenvalue weighted by molar-refractivity contribution is 5.97. The van der Waals surface area contributed by atoms with E-state index in [0.29, 0.717) is 0 Å². The largest absolute Gasteiger partial charge is 0.485 e. The number of ether oxygens (including phenoxy) is 1. The van der Waals surface area contributed by atoms with Gasteiger partial charge >= 0.3 is 6.18 Å². The smallest absolute Gasteiger partial charge is 0.450 e. The van der Waals surface area contributed by atoms with Gasteiger partial charge in [0.1, 0.15) is 23.0 Å². The maximum Gasteiger partial charge on any atom is 0.450 e. The Bertz CT molecular complexity index is 1390. The minimum atomic E-state index is -5.01. The molecule has 0 aliphatic rings. The van der Waals surface area contributed by atoms with E-state index in [1.165, 1.54) is 24.3 Å². The summed E-state index contributed by atoms with van der Waals surface area (Å²) in [5, 5.41) is -0.153. The van der Waals surface area contributed by atoms with Crippen LogP contribution < -0.4 is 10.2 Å². The van der Waals surface area contributed by atoms with Crippen LogP contribution in [0.2, 0.25) is 0 Å². The lowest BCUT2D eigenvalue weighted by Crippen LogP contribution is -2.16. The fourth-order valence-electron chi connectivity index (χ4n) is 3.21. The molecule has 4 aromatic rings. The molecular weight excluding hydrogens is 447 g/mol. The number of ketones is 1. The average molecular weight is 460 g/mol. The fraction of sp³-hybridized carbons (Fsp3) is 0.0833. The zero-order chi connectivity index (χ0) is 23.8. The minimum absolute atomic E-state index is 0.0104. The fourth-order valence-corrected chi connectivity index (χ4v) is 3.21. The first-order chi connectivity index (χ1) is 15.6. The highest BCUT2D eigenvalue weighted by atomic mass is 19.4. The number of halogens is 5. The van der Waals surface area contributed by atoms with Crippen molar-refractivity contribution in [2.24, 2.45) is 0 Å². The first-order valence-electron chi connectivity index (χ1n) is 9.49.